The summed E-state index contributed by atoms with van der Waals surface area (Å²) >= 11 is 5.63. The minimum atomic E-state index is -1.94. The first-order valence-corrected chi connectivity index (χ1v) is 4.15. The smallest absolute Gasteiger partial charge is 0.316 e. The molecule has 0 radical (unpaired) electrons. The fourth-order valence-corrected chi connectivity index (χ4v) is 1.36. The number of hydrogen-bond donors (Lipinski definition) is 3. The monoisotopic (exact) mass is 219 g/mol. The van der Waals surface area contributed by atoms with Crippen LogP contribution in [0, 0.1) is 5.92 Å². The van der Waals surface area contributed by atoms with E-state index in [-0.39, 0.29) is 10.7 Å². The zero-order valence-corrected chi connectivity index (χ0v) is 8.15. The number of rotatable bonds is 2. The third-order valence-corrected chi connectivity index (χ3v) is 2.33. The van der Waals surface area contributed by atoms with Crippen LogP contribution in [0.1, 0.15) is 0 Å². The highest BCUT2D eigenvalue weighted by molar-refractivity contribution is 6.32. The van der Waals surface area contributed by atoms with Gasteiger partial charge in [-0.25, -0.2) is 0 Å². The van der Waals surface area contributed by atoms with Crippen LogP contribution in [0.4, 0.5) is 0 Å². The number of hydrogen-bond acceptors (Lipinski definition) is 4. The van der Waals surface area contributed by atoms with E-state index < -0.39 is 17.7 Å². The molecule has 0 spiro atoms. The highest BCUT2D eigenvalue weighted by atomic mass is 35.5. The molecular formula is C8H10ClNO4. The molecule has 14 heavy (non-hydrogen) atoms. The van der Waals surface area contributed by atoms with Crippen LogP contribution < -0.4 is 5.73 Å². The molecular weight excluding hydrogens is 210 g/mol. The third kappa shape index (κ3) is 1.75. The van der Waals surface area contributed by atoms with Crippen LogP contribution in [-0.4, -0.2) is 29.1 Å². The van der Waals surface area contributed by atoms with Gasteiger partial charge < -0.3 is 20.7 Å². The maximum atomic E-state index is 10.8. The third-order valence-electron chi connectivity index (χ3n) is 1.99. The second-order valence-electron chi connectivity index (χ2n) is 2.89. The Morgan fingerprint density at radius 1 is 1.79 bits per heavy atom. The van der Waals surface area contributed by atoms with Crippen LogP contribution in [0.15, 0.2) is 22.9 Å². The van der Waals surface area contributed by atoms with Crippen molar-refractivity contribution >= 4 is 17.6 Å². The van der Waals surface area contributed by atoms with Crippen LogP contribution in [0.3, 0.4) is 0 Å². The summed E-state index contributed by atoms with van der Waals surface area (Å²) in [5.41, 5.74) is 5.51. The van der Waals surface area contributed by atoms with E-state index >= 15 is 0 Å². The first-order chi connectivity index (χ1) is 6.40. The lowest BCUT2D eigenvalue weighted by Crippen LogP contribution is -2.44. The number of nitrogens with two attached hydrogens (primary N) is 1. The number of ether oxygens (including phenoxy) is 1. The molecule has 0 heterocycles. The van der Waals surface area contributed by atoms with Crippen molar-refractivity contribution in [2.24, 2.45) is 11.7 Å². The molecule has 1 aliphatic carbocycles. The van der Waals surface area contributed by atoms with Gasteiger partial charge in [0.05, 0.1) is 10.7 Å². The number of carbonyl (C=O) groups is 1. The van der Waals surface area contributed by atoms with E-state index in [4.69, 9.17) is 22.4 Å². The van der Waals surface area contributed by atoms with E-state index in [9.17, 15) is 9.90 Å². The molecule has 0 aromatic heterocycles. The van der Waals surface area contributed by atoms with Gasteiger partial charge in [0.2, 0.25) is 5.79 Å². The Labute approximate surface area is 85.4 Å². The van der Waals surface area contributed by atoms with Gasteiger partial charge in [0.1, 0.15) is 5.92 Å². The summed E-state index contributed by atoms with van der Waals surface area (Å²) in [7, 11) is 1.19. The van der Waals surface area contributed by atoms with E-state index in [1.807, 2.05) is 0 Å². The van der Waals surface area contributed by atoms with Crippen molar-refractivity contribution in [3.8, 4) is 0 Å². The Balaban J connectivity index is 3.13. The van der Waals surface area contributed by atoms with Gasteiger partial charge in [0, 0.05) is 7.11 Å². The molecule has 0 aliphatic heterocycles. The van der Waals surface area contributed by atoms with Crippen LogP contribution >= 0.6 is 11.6 Å². The molecule has 78 valence electrons. The number of allylic oxidation sites excluding steroid dienone is 1. The highest BCUT2D eigenvalue weighted by Gasteiger charge is 2.42. The first kappa shape index (κ1) is 11.0. The topological polar surface area (TPSA) is 92.8 Å². The molecule has 1 aliphatic rings. The lowest BCUT2D eigenvalue weighted by Gasteiger charge is -2.30. The summed E-state index contributed by atoms with van der Waals surface area (Å²) in [6.07, 6.45) is 2.22. The lowest BCUT2D eigenvalue weighted by atomic mass is 9.92. The number of methoxy groups -OCH3 is 1. The standard InChI is InChI=1S/C8H10ClNO4/c1-14-8(13)3-6(10)5(9)2-4(8)7(11)12/h2-4,13H,10H2,1H3,(H,11,12). The van der Waals surface area contributed by atoms with Crippen molar-refractivity contribution in [2.75, 3.05) is 7.11 Å². The van der Waals surface area contributed by atoms with Crippen LogP contribution in [0.5, 0.6) is 0 Å². The summed E-state index contributed by atoms with van der Waals surface area (Å²) in [6.45, 7) is 0. The van der Waals surface area contributed by atoms with Gasteiger partial charge in [0.25, 0.3) is 0 Å². The van der Waals surface area contributed by atoms with Gasteiger partial charge in [-0.1, -0.05) is 11.6 Å². The molecule has 0 saturated heterocycles. The van der Waals surface area contributed by atoms with Crippen molar-refractivity contribution in [3.63, 3.8) is 0 Å². The molecule has 1 rings (SSSR count). The maximum Gasteiger partial charge on any atom is 0.316 e. The fraction of sp³-hybridized carbons (Fsp3) is 0.375. The van der Waals surface area contributed by atoms with Gasteiger partial charge in [-0.3, -0.25) is 4.79 Å². The number of halogens is 1. The Morgan fingerprint density at radius 2 is 2.36 bits per heavy atom. The van der Waals surface area contributed by atoms with E-state index in [0.29, 0.717) is 0 Å². The van der Waals surface area contributed by atoms with Crippen molar-refractivity contribution in [1.82, 2.24) is 0 Å². The van der Waals surface area contributed by atoms with Crippen LogP contribution in [0.2, 0.25) is 0 Å². The molecule has 2 atom stereocenters. The average Bonchev–Trinajstić information content (AvgIpc) is 2.11. The van der Waals surface area contributed by atoms with Crippen molar-refractivity contribution in [1.29, 1.82) is 0 Å². The van der Waals surface area contributed by atoms with Crippen LogP contribution in [0.25, 0.3) is 0 Å². The molecule has 6 heteroatoms. The van der Waals surface area contributed by atoms with E-state index in [0.717, 1.165) is 12.2 Å². The maximum absolute atomic E-state index is 10.8. The molecule has 0 aromatic carbocycles. The number of carboxylic acid groups (broad SMARTS) is 1. The average molecular weight is 220 g/mol. The van der Waals surface area contributed by atoms with Crippen molar-refractivity contribution in [3.05, 3.63) is 22.9 Å². The fourth-order valence-electron chi connectivity index (χ4n) is 1.18. The summed E-state index contributed by atoms with van der Waals surface area (Å²) in [6, 6.07) is 0. The van der Waals surface area contributed by atoms with Gasteiger partial charge in [-0.2, -0.15) is 0 Å². The normalized spacial score (nSPS) is 32.1. The molecule has 0 fully saturated rings. The number of carboxylic acids is 1. The van der Waals surface area contributed by atoms with Crippen molar-refractivity contribution < 1.29 is 19.7 Å². The molecule has 2 unspecified atom stereocenters. The van der Waals surface area contributed by atoms with Gasteiger partial charge >= 0.3 is 5.97 Å². The van der Waals surface area contributed by atoms with Gasteiger partial charge in [-0.15, -0.1) is 0 Å². The zero-order chi connectivity index (χ0) is 10.9. The molecule has 0 bridgehead atoms. The van der Waals surface area contributed by atoms with E-state index in [2.05, 4.69) is 4.74 Å². The summed E-state index contributed by atoms with van der Waals surface area (Å²) in [4.78, 5) is 10.8. The summed E-state index contributed by atoms with van der Waals surface area (Å²) in [5.74, 6) is -4.43. The second kappa shape index (κ2) is 3.61. The zero-order valence-electron chi connectivity index (χ0n) is 7.40. The van der Waals surface area contributed by atoms with E-state index in [1.54, 1.807) is 0 Å². The lowest BCUT2D eigenvalue weighted by molar-refractivity contribution is -0.189. The van der Waals surface area contributed by atoms with E-state index in [1.165, 1.54) is 7.11 Å². The largest absolute Gasteiger partial charge is 0.481 e. The highest BCUT2D eigenvalue weighted by Crippen LogP contribution is 2.31. The molecule has 5 nitrogen and oxygen atoms in total. The van der Waals surface area contributed by atoms with Gasteiger partial charge in [0.15, 0.2) is 0 Å². The Kier molecular flexibility index (Phi) is 2.84. The predicted octanol–water partition coefficient (Wildman–Crippen LogP) is 0.00110. The summed E-state index contributed by atoms with van der Waals surface area (Å²) < 4.78 is 4.69. The molecule has 0 amide bonds. The Hall–Kier alpha value is -1.04. The Morgan fingerprint density at radius 3 is 2.79 bits per heavy atom. The van der Waals surface area contributed by atoms with Gasteiger partial charge in [-0.05, 0) is 12.2 Å². The number of aliphatic hydroxyl groups is 1. The minimum absolute atomic E-state index is 0.0912. The summed E-state index contributed by atoms with van der Waals surface area (Å²) in [5, 5.41) is 18.6. The number of aliphatic carboxylic acids is 1. The second-order valence-corrected chi connectivity index (χ2v) is 3.29. The van der Waals surface area contributed by atoms with Crippen LogP contribution in [-0.2, 0) is 9.53 Å². The first-order valence-electron chi connectivity index (χ1n) is 3.77. The minimum Gasteiger partial charge on any atom is -0.481 e. The quantitative estimate of drug-likeness (QED) is 0.569. The van der Waals surface area contributed by atoms with Crippen molar-refractivity contribution in [2.45, 2.75) is 5.79 Å². The SMILES string of the molecule is COC1(O)C=C(N)C(Cl)=CC1C(=O)O. The molecule has 0 saturated carbocycles. The Bertz CT molecular complexity index is 325. The molecule has 0 aromatic rings. The predicted molar refractivity (Wildman–Crippen MR) is 49.3 cm³/mol. The molecule has 4 N–H and O–H groups in total.